The first-order valence-corrected chi connectivity index (χ1v) is 6.35. The molecule has 1 aliphatic heterocycles. The highest BCUT2D eigenvalue weighted by atomic mass is 16.2. The van der Waals surface area contributed by atoms with Crippen molar-refractivity contribution in [1.29, 1.82) is 0 Å². The van der Waals surface area contributed by atoms with Gasteiger partial charge in [0.1, 0.15) is 6.04 Å². The molecule has 3 rings (SSSR count). The van der Waals surface area contributed by atoms with Gasteiger partial charge in [-0.25, -0.2) is 9.50 Å². The molecule has 1 saturated heterocycles. The van der Waals surface area contributed by atoms with Crippen LogP contribution in [0.1, 0.15) is 23.2 Å². The quantitative estimate of drug-likeness (QED) is 0.749. The molecule has 1 fully saturated rings. The summed E-state index contributed by atoms with van der Waals surface area (Å²) >= 11 is 0. The van der Waals surface area contributed by atoms with Crippen LogP contribution in [0.4, 0.5) is 0 Å². The maximum Gasteiger partial charge on any atom is 0.294 e. The third-order valence-corrected chi connectivity index (χ3v) is 3.38. The van der Waals surface area contributed by atoms with Gasteiger partial charge in [-0.15, -0.1) is 5.10 Å². The van der Waals surface area contributed by atoms with E-state index in [2.05, 4.69) is 20.4 Å². The summed E-state index contributed by atoms with van der Waals surface area (Å²) in [6.45, 7) is 4.44. The van der Waals surface area contributed by atoms with E-state index in [4.69, 9.17) is 0 Å². The second-order valence-corrected chi connectivity index (χ2v) is 4.70. The van der Waals surface area contributed by atoms with Crippen LogP contribution in [0.3, 0.4) is 0 Å². The normalized spacial score (nSPS) is 19.2. The first kappa shape index (κ1) is 12.5. The van der Waals surface area contributed by atoms with Gasteiger partial charge in [-0.05, 0) is 19.9 Å². The smallest absolute Gasteiger partial charge is 0.294 e. The Kier molecular flexibility index (Phi) is 2.85. The molecule has 1 atom stereocenters. The Hall–Kier alpha value is -2.51. The Labute approximate surface area is 114 Å². The predicted molar refractivity (Wildman–Crippen MR) is 69.0 cm³/mol. The number of carbonyl (C=O) groups excluding carboxylic acids is 2. The SMILES string of the molecule is Cc1ccnc2nc(C(=O)N3CCNC(=O)C3C)nn12. The van der Waals surface area contributed by atoms with Crippen molar-refractivity contribution in [1.82, 2.24) is 29.8 Å². The number of fused-ring (bicyclic) bond motifs is 1. The van der Waals surface area contributed by atoms with Crippen LogP contribution in [0.15, 0.2) is 12.3 Å². The van der Waals surface area contributed by atoms with Gasteiger partial charge in [-0.3, -0.25) is 9.59 Å². The molecule has 2 aromatic rings. The Balaban J connectivity index is 1.96. The Morgan fingerprint density at radius 2 is 2.30 bits per heavy atom. The number of nitrogens with one attached hydrogen (secondary N) is 1. The third kappa shape index (κ3) is 1.89. The minimum atomic E-state index is -0.517. The largest absolute Gasteiger partial charge is 0.353 e. The summed E-state index contributed by atoms with van der Waals surface area (Å²) in [7, 11) is 0. The zero-order valence-electron chi connectivity index (χ0n) is 11.2. The summed E-state index contributed by atoms with van der Waals surface area (Å²) in [6, 6.07) is 1.27. The average Bonchev–Trinajstić information content (AvgIpc) is 2.87. The van der Waals surface area contributed by atoms with E-state index in [-0.39, 0.29) is 17.6 Å². The molecule has 0 aliphatic carbocycles. The molecule has 0 saturated carbocycles. The molecule has 0 bridgehead atoms. The van der Waals surface area contributed by atoms with Gasteiger partial charge < -0.3 is 10.2 Å². The second kappa shape index (κ2) is 4.55. The average molecular weight is 274 g/mol. The van der Waals surface area contributed by atoms with Crippen LogP contribution < -0.4 is 5.32 Å². The van der Waals surface area contributed by atoms with Crippen LogP contribution in [0.2, 0.25) is 0 Å². The number of hydrogen-bond acceptors (Lipinski definition) is 5. The van der Waals surface area contributed by atoms with Gasteiger partial charge >= 0.3 is 0 Å². The molecular weight excluding hydrogens is 260 g/mol. The molecule has 2 amide bonds. The second-order valence-electron chi connectivity index (χ2n) is 4.70. The van der Waals surface area contributed by atoms with Crippen LogP contribution in [0.25, 0.3) is 5.78 Å². The molecule has 1 N–H and O–H groups in total. The first-order valence-electron chi connectivity index (χ1n) is 6.35. The van der Waals surface area contributed by atoms with Gasteiger partial charge in [0, 0.05) is 25.0 Å². The Morgan fingerprint density at radius 3 is 3.05 bits per heavy atom. The van der Waals surface area contributed by atoms with Crippen molar-refractivity contribution in [2.24, 2.45) is 0 Å². The highest BCUT2D eigenvalue weighted by Gasteiger charge is 2.32. The minimum Gasteiger partial charge on any atom is -0.353 e. The molecule has 20 heavy (non-hydrogen) atoms. The number of amides is 2. The lowest BCUT2D eigenvalue weighted by molar-refractivity contribution is -0.127. The molecule has 0 aromatic carbocycles. The van der Waals surface area contributed by atoms with Crippen molar-refractivity contribution in [2.75, 3.05) is 13.1 Å². The molecule has 8 heteroatoms. The Morgan fingerprint density at radius 1 is 1.50 bits per heavy atom. The predicted octanol–water partition coefficient (Wildman–Crippen LogP) is -0.607. The molecule has 104 valence electrons. The molecular formula is C12H14N6O2. The standard InChI is InChI=1S/C12H14N6O2/c1-7-3-4-14-12-15-9(16-18(7)12)11(20)17-6-5-13-10(19)8(17)2/h3-4,8H,5-6H2,1-2H3,(H,13,19). The van der Waals surface area contributed by atoms with Gasteiger partial charge in [0.2, 0.25) is 11.7 Å². The van der Waals surface area contributed by atoms with Crippen molar-refractivity contribution in [3.05, 3.63) is 23.8 Å². The van der Waals surface area contributed by atoms with Crippen LogP contribution in [0, 0.1) is 6.92 Å². The van der Waals surface area contributed by atoms with Crippen LogP contribution in [-0.2, 0) is 4.79 Å². The highest BCUT2D eigenvalue weighted by molar-refractivity contribution is 5.95. The van der Waals surface area contributed by atoms with Crippen LogP contribution in [-0.4, -0.2) is 55.4 Å². The first-order chi connectivity index (χ1) is 9.58. The minimum absolute atomic E-state index is 0.0633. The zero-order valence-corrected chi connectivity index (χ0v) is 11.2. The molecule has 0 spiro atoms. The molecule has 0 radical (unpaired) electrons. The van der Waals surface area contributed by atoms with E-state index >= 15 is 0 Å². The molecule has 2 aromatic heterocycles. The number of aryl methyl sites for hydroxylation is 1. The van der Waals surface area contributed by atoms with Crippen molar-refractivity contribution in [3.63, 3.8) is 0 Å². The van der Waals surface area contributed by atoms with Crippen molar-refractivity contribution in [2.45, 2.75) is 19.9 Å². The van der Waals surface area contributed by atoms with E-state index < -0.39 is 6.04 Å². The monoisotopic (exact) mass is 274 g/mol. The molecule has 1 unspecified atom stereocenters. The summed E-state index contributed by atoms with van der Waals surface area (Å²) in [5, 5.41) is 6.88. The van der Waals surface area contributed by atoms with Crippen molar-refractivity contribution in [3.8, 4) is 0 Å². The highest BCUT2D eigenvalue weighted by Crippen LogP contribution is 2.10. The zero-order chi connectivity index (χ0) is 14.3. The van der Waals surface area contributed by atoms with Crippen molar-refractivity contribution < 1.29 is 9.59 Å². The third-order valence-electron chi connectivity index (χ3n) is 3.38. The van der Waals surface area contributed by atoms with E-state index in [0.717, 1.165) is 5.69 Å². The fourth-order valence-electron chi connectivity index (χ4n) is 2.19. The lowest BCUT2D eigenvalue weighted by Gasteiger charge is -2.31. The van der Waals surface area contributed by atoms with Gasteiger partial charge in [-0.1, -0.05) is 0 Å². The number of piperazine rings is 1. The van der Waals surface area contributed by atoms with Gasteiger partial charge in [0.15, 0.2) is 0 Å². The van der Waals surface area contributed by atoms with E-state index in [9.17, 15) is 9.59 Å². The van der Waals surface area contributed by atoms with Gasteiger partial charge in [0.05, 0.1) is 0 Å². The van der Waals surface area contributed by atoms with Crippen molar-refractivity contribution >= 4 is 17.6 Å². The topological polar surface area (TPSA) is 92.5 Å². The van der Waals surface area contributed by atoms with E-state index in [1.54, 1.807) is 19.2 Å². The van der Waals surface area contributed by atoms with E-state index in [1.807, 2.05) is 6.92 Å². The van der Waals surface area contributed by atoms with E-state index in [0.29, 0.717) is 18.9 Å². The summed E-state index contributed by atoms with van der Waals surface area (Å²) in [6.07, 6.45) is 1.62. The fraction of sp³-hybridized carbons (Fsp3) is 0.417. The summed E-state index contributed by atoms with van der Waals surface area (Å²) in [5.74, 6) is -0.0734. The lowest BCUT2D eigenvalue weighted by Crippen LogP contribution is -2.56. The number of nitrogens with zero attached hydrogens (tertiary/aromatic N) is 5. The summed E-state index contributed by atoms with van der Waals surface area (Å²) in [5.41, 5.74) is 0.839. The number of carbonyl (C=O) groups is 2. The number of aromatic nitrogens is 4. The summed E-state index contributed by atoms with van der Waals surface area (Å²) < 4.78 is 1.52. The number of rotatable bonds is 1. The van der Waals surface area contributed by atoms with Gasteiger partial charge in [0.25, 0.3) is 11.7 Å². The fourth-order valence-corrected chi connectivity index (χ4v) is 2.19. The van der Waals surface area contributed by atoms with Gasteiger partial charge in [-0.2, -0.15) is 4.98 Å². The summed E-state index contributed by atoms with van der Waals surface area (Å²) in [4.78, 5) is 33.7. The molecule has 8 nitrogen and oxygen atoms in total. The number of hydrogen-bond donors (Lipinski definition) is 1. The maximum atomic E-state index is 12.4. The molecule has 1 aliphatic rings. The van der Waals surface area contributed by atoms with Crippen LogP contribution in [0.5, 0.6) is 0 Å². The molecule has 3 heterocycles. The van der Waals surface area contributed by atoms with Crippen LogP contribution >= 0.6 is 0 Å². The Bertz CT molecular complexity index is 694. The maximum absolute atomic E-state index is 12.4. The lowest BCUT2D eigenvalue weighted by atomic mass is 10.2. The van der Waals surface area contributed by atoms with E-state index in [1.165, 1.54) is 9.42 Å².